The van der Waals surface area contributed by atoms with Gasteiger partial charge in [0.05, 0.1) is 6.10 Å². The number of methoxy groups -OCH3 is 1. The van der Waals surface area contributed by atoms with E-state index in [4.69, 9.17) is 4.74 Å². The number of carbonyl (C=O) groups excluding carboxylic acids is 1. The summed E-state index contributed by atoms with van der Waals surface area (Å²) < 4.78 is 5.96. The van der Waals surface area contributed by atoms with Crippen molar-refractivity contribution in [3.8, 4) is 0 Å². The number of Topliss-reactive ketones (excluding diaryl/α,β-unsaturated/α-hetero) is 1. The van der Waals surface area contributed by atoms with Crippen molar-refractivity contribution in [1.82, 2.24) is 0 Å². The van der Waals surface area contributed by atoms with E-state index in [2.05, 4.69) is 19.9 Å². The van der Waals surface area contributed by atoms with Crippen LogP contribution in [-0.4, -0.2) is 29.7 Å². The molecule has 1 N–H and O–H groups in total. The molecule has 0 aromatic heterocycles. The van der Waals surface area contributed by atoms with Crippen LogP contribution in [0.1, 0.15) is 72.1 Å². The third kappa shape index (κ3) is 2.15. The fourth-order valence-corrected chi connectivity index (χ4v) is 7.70. The highest BCUT2D eigenvalue weighted by Gasteiger charge is 2.66. The van der Waals surface area contributed by atoms with Gasteiger partial charge in [-0.05, 0) is 81.5 Å². The third-order valence-electron chi connectivity index (χ3n) is 9.11. The number of carbonyl (C=O) groups is 1. The summed E-state index contributed by atoms with van der Waals surface area (Å²) in [5.74, 6) is 2.17. The molecule has 0 radical (unpaired) electrons. The molecule has 3 unspecified atom stereocenters. The van der Waals surface area contributed by atoms with E-state index in [1.165, 1.54) is 12.0 Å². The van der Waals surface area contributed by atoms with Gasteiger partial charge in [-0.25, -0.2) is 0 Å². The molecular formula is C22H34O3. The van der Waals surface area contributed by atoms with Crippen LogP contribution in [0.4, 0.5) is 0 Å². The van der Waals surface area contributed by atoms with Crippen molar-refractivity contribution in [3.05, 3.63) is 11.6 Å². The molecule has 0 spiro atoms. The second-order valence-electron chi connectivity index (χ2n) is 9.74. The Morgan fingerprint density at radius 2 is 1.88 bits per heavy atom. The molecule has 0 saturated heterocycles. The highest BCUT2D eigenvalue weighted by Crippen LogP contribution is 2.67. The molecule has 4 aliphatic carbocycles. The first-order valence-electron chi connectivity index (χ1n) is 10.2. The van der Waals surface area contributed by atoms with Gasteiger partial charge >= 0.3 is 0 Å². The summed E-state index contributed by atoms with van der Waals surface area (Å²) in [6.07, 6.45) is 10.7. The number of aliphatic hydroxyl groups excluding tert-OH is 1. The van der Waals surface area contributed by atoms with Crippen LogP contribution in [0.2, 0.25) is 0 Å². The summed E-state index contributed by atoms with van der Waals surface area (Å²) in [6.45, 7) is 6.51. The predicted octanol–water partition coefficient (Wildman–Crippen LogP) is 4.28. The van der Waals surface area contributed by atoms with Crippen molar-refractivity contribution >= 4 is 5.78 Å². The van der Waals surface area contributed by atoms with Crippen molar-refractivity contribution in [2.45, 2.75) is 83.8 Å². The monoisotopic (exact) mass is 346 g/mol. The number of allylic oxidation sites excluding steroid dienone is 1. The quantitative estimate of drug-likeness (QED) is 0.759. The number of fused-ring (bicyclic) bond motifs is 5. The van der Waals surface area contributed by atoms with Crippen LogP contribution in [0.25, 0.3) is 0 Å². The molecule has 0 aliphatic heterocycles. The Bertz CT molecular complexity index is 610. The van der Waals surface area contributed by atoms with Crippen molar-refractivity contribution in [3.63, 3.8) is 0 Å². The van der Waals surface area contributed by atoms with Crippen molar-refractivity contribution in [1.29, 1.82) is 0 Å². The molecule has 25 heavy (non-hydrogen) atoms. The minimum atomic E-state index is -0.573. The van der Waals surface area contributed by atoms with Crippen molar-refractivity contribution in [2.75, 3.05) is 7.11 Å². The lowest BCUT2D eigenvalue weighted by atomic mass is 9.46. The number of rotatable bonds is 2. The zero-order valence-electron chi connectivity index (χ0n) is 16.3. The van der Waals surface area contributed by atoms with Crippen molar-refractivity contribution in [2.24, 2.45) is 28.6 Å². The lowest BCUT2D eigenvalue weighted by Gasteiger charge is -2.59. The second kappa shape index (κ2) is 5.66. The van der Waals surface area contributed by atoms with Crippen LogP contribution in [0.5, 0.6) is 0 Å². The summed E-state index contributed by atoms with van der Waals surface area (Å²) in [7, 11) is 1.74. The van der Waals surface area contributed by atoms with E-state index < -0.39 is 5.60 Å². The number of ether oxygens (including phenoxy) is 1. The first-order valence-corrected chi connectivity index (χ1v) is 10.2. The maximum absolute atomic E-state index is 12.6. The van der Waals surface area contributed by atoms with Crippen molar-refractivity contribution < 1.29 is 14.6 Å². The SMILES string of the molecule is COC1(C(C)=O)CCC2[C@H]3CC=C4C[C@@H](O)CC[C@]4(C)C3CC[C@@]21C. The first kappa shape index (κ1) is 17.7. The summed E-state index contributed by atoms with van der Waals surface area (Å²) in [6, 6.07) is 0. The van der Waals surface area contributed by atoms with Crippen LogP contribution in [0.3, 0.4) is 0 Å². The minimum absolute atomic E-state index is 0.0232. The largest absolute Gasteiger partial charge is 0.393 e. The van der Waals surface area contributed by atoms with Gasteiger partial charge in [0, 0.05) is 12.5 Å². The van der Waals surface area contributed by atoms with E-state index in [1.54, 1.807) is 14.0 Å². The smallest absolute Gasteiger partial charge is 0.162 e. The molecule has 0 bridgehead atoms. The molecule has 4 rings (SSSR count). The van der Waals surface area contributed by atoms with Gasteiger partial charge < -0.3 is 9.84 Å². The van der Waals surface area contributed by atoms with Crippen LogP contribution < -0.4 is 0 Å². The zero-order chi connectivity index (χ0) is 18.0. The zero-order valence-corrected chi connectivity index (χ0v) is 16.3. The Labute approximate surface area is 152 Å². The van der Waals surface area contributed by atoms with Gasteiger partial charge in [-0.2, -0.15) is 0 Å². The molecule has 3 nitrogen and oxygen atoms in total. The van der Waals surface area contributed by atoms with E-state index in [9.17, 15) is 9.90 Å². The van der Waals surface area contributed by atoms with Crippen LogP contribution >= 0.6 is 0 Å². The number of hydrogen-bond acceptors (Lipinski definition) is 3. The fourth-order valence-electron chi connectivity index (χ4n) is 7.70. The number of hydrogen-bond donors (Lipinski definition) is 1. The van der Waals surface area contributed by atoms with E-state index in [1.807, 2.05) is 0 Å². The van der Waals surface area contributed by atoms with Gasteiger partial charge in [0.15, 0.2) is 5.78 Å². The molecule has 7 atom stereocenters. The predicted molar refractivity (Wildman–Crippen MR) is 98.1 cm³/mol. The topological polar surface area (TPSA) is 46.5 Å². The standard InChI is InChI=1S/C22H34O3/c1-14(23)22(25-4)12-9-19-17-6-5-15-13-16(24)7-10-20(15,2)18(17)8-11-21(19,22)3/h5,16-19,24H,6-13H2,1-4H3/t16-,17-,18?,19?,20-,21-,22?/m0/s1. The molecule has 0 aromatic carbocycles. The van der Waals surface area contributed by atoms with Gasteiger partial charge in [-0.15, -0.1) is 0 Å². The normalized spacial score (nSPS) is 52.0. The molecule has 3 heteroatoms. The minimum Gasteiger partial charge on any atom is -0.393 e. The molecule has 3 saturated carbocycles. The molecular weight excluding hydrogens is 312 g/mol. The Morgan fingerprint density at radius 3 is 2.56 bits per heavy atom. The first-order chi connectivity index (χ1) is 11.8. The Hall–Kier alpha value is -0.670. The van der Waals surface area contributed by atoms with E-state index in [-0.39, 0.29) is 22.7 Å². The number of ketones is 1. The Balaban J connectivity index is 1.70. The molecule has 0 amide bonds. The van der Waals surface area contributed by atoms with Gasteiger partial charge in [-0.1, -0.05) is 25.5 Å². The average Bonchev–Trinajstić information content (AvgIpc) is 2.89. The van der Waals surface area contributed by atoms with E-state index in [0.29, 0.717) is 17.8 Å². The van der Waals surface area contributed by atoms with Gasteiger partial charge in [0.1, 0.15) is 5.60 Å². The molecule has 140 valence electrons. The summed E-state index contributed by atoms with van der Waals surface area (Å²) in [4.78, 5) is 12.6. The van der Waals surface area contributed by atoms with Gasteiger partial charge in [0.25, 0.3) is 0 Å². The molecule has 4 aliphatic rings. The Morgan fingerprint density at radius 1 is 1.16 bits per heavy atom. The fraction of sp³-hybridized carbons (Fsp3) is 0.864. The summed E-state index contributed by atoms with van der Waals surface area (Å²) >= 11 is 0. The highest BCUT2D eigenvalue weighted by atomic mass is 16.5. The lowest BCUT2D eigenvalue weighted by molar-refractivity contribution is -0.167. The van der Waals surface area contributed by atoms with E-state index >= 15 is 0 Å². The maximum Gasteiger partial charge on any atom is 0.162 e. The van der Waals surface area contributed by atoms with Crippen LogP contribution in [-0.2, 0) is 9.53 Å². The third-order valence-corrected chi connectivity index (χ3v) is 9.11. The second-order valence-corrected chi connectivity index (χ2v) is 9.74. The van der Waals surface area contributed by atoms with E-state index in [0.717, 1.165) is 44.9 Å². The lowest BCUT2D eigenvalue weighted by Crippen LogP contribution is -2.57. The maximum atomic E-state index is 12.6. The molecule has 0 aromatic rings. The highest BCUT2D eigenvalue weighted by molar-refractivity contribution is 5.86. The van der Waals surface area contributed by atoms with Gasteiger partial charge in [0.2, 0.25) is 0 Å². The Kier molecular flexibility index (Phi) is 4.01. The van der Waals surface area contributed by atoms with Crippen LogP contribution in [0, 0.1) is 28.6 Å². The average molecular weight is 347 g/mol. The van der Waals surface area contributed by atoms with Crippen LogP contribution in [0.15, 0.2) is 11.6 Å². The summed E-state index contributed by atoms with van der Waals surface area (Å²) in [5.41, 5.74) is 1.18. The molecule has 3 fully saturated rings. The number of aliphatic hydroxyl groups is 1. The molecule has 0 heterocycles. The van der Waals surface area contributed by atoms with Gasteiger partial charge in [-0.3, -0.25) is 4.79 Å². The summed E-state index contributed by atoms with van der Waals surface area (Å²) in [5, 5.41) is 10.1.